The molecular formula is C21H22N8OS. The van der Waals surface area contributed by atoms with Crippen molar-refractivity contribution in [3.8, 4) is 11.4 Å². The maximum Gasteiger partial charge on any atom is 0.222 e. The number of tetrazole rings is 1. The van der Waals surface area contributed by atoms with Gasteiger partial charge in [-0.2, -0.15) is 4.80 Å². The van der Waals surface area contributed by atoms with Crippen LogP contribution in [-0.2, 0) is 11.3 Å². The molecule has 0 saturated carbocycles. The van der Waals surface area contributed by atoms with Crippen LogP contribution < -0.4 is 4.90 Å². The van der Waals surface area contributed by atoms with Gasteiger partial charge in [-0.15, -0.1) is 10.2 Å². The lowest BCUT2D eigenvalue weighted by molar-refractivity contribution is -0.131. The lowest BCUT2D eigenvalue weighted by Gasteiger charge is -2.34. The first-order valence-corrected chi connectivity index (χ1v) is 11.2. The highest BCUT2D eigenvalue weighted by molar-refractivity contribution is 7.21. The molecule has 0 atom stereocenters. The summed E-state index contributed by atoms with van der Waals surface area (Å²) in [5, 5.41) is 13.6. The van der Waals surface area contributed by atoms with E-state index < -0.39 is 0 Å². The van der Waals surface area contributed by atoms with E-state index >= 15 is 0 Å². The fourth-order valence-electron chi connectivity index (χ4n) is 3.61. The van der Waals surface area contributed by atoms with Crippen LogP contribution in [0.2, 0.25) is 0 Å². The Morgan fingerprint density at radius 1 is 1.03 bits per heavy atom. The number of carbonyl (C=O) groups excluding carboxylic acids is 1. The molecule has 1 amide bonds. The van der Waals surface area contributed by atoms with E-state index in [9.17, 15) is 4.79 Å². The first-order valence-electron chi connectivity index (χ1n) is 10.3. The molecule has 5 rings (SSSR count). The topological polar surface area (TPSA) is 92.9 Å². The van der Waals surface area contributed by atoms with Crippen LogP contribution in [0.25, 0.3) is 21.7 Å². The standard InChI is InChI=1S/C21H22N8OS/c30-18(9-5-11-29-25-19(24-26-29)16-6-2-1-3-7-16)27-12-14-28(15-13-27)21-23-17-8-4-10-22-20(17)31-21/h1-4,6-8,10H,5,9,11-15H2. The predicted octanol–water partition coefficient (Wildman–Crippen LogP) is 2.47. The summed E-state index contributed by atoms with van der Waals surface area (Å²) in [5.41, 5.74) is 1.87. The van der Waals surface area contributed by atoms with Crippen LogP contribution in [0.15, 0.2) is 48.7 Å². The number of anilines is 1. The van der Waals surface area contributed by atoms with Crippen molar-refractivity contribution in [1.82, 2.24) is 35.1 Å². The number of nitrogens with zero attached hydrogens (tertiary/aromatic N) is 8. The number of pyridine rings is 1. The summed E-state index contributed by atoms with van der Waals surface area (Å²) in [5.74, 6) is 0.780. The zero-order valence-corrected chi connectivity index (χ0v) is 17.8. The molecule has 1 aliphatic rings. The Morgan fingerprint density at radius 3 is 2.68 bits per heavy atom. The Morgan fingerprint density at radius 2 is 1.87 bits per heavy atom. The molecule has 1 aliphatic heterocycles. The second kappa shape index (κ2) is 8.76. The lowest BCUT2D eigenvalue weighted by Crippen LogP contribution is -2.48. The monoisotopic (exact) mass is 434 g/mol. The van der Waals surface area contributed by atoms with Crippen molar-refractivity contribution in [2.75, 3.05) is 31.1 Å². The zero-order chi connectivity index (χ0) is 21.0. The van der Waals surface area contributed by atoms with Crippen LogP contribution in [0.4, 0.5) is 5.13 Å². The molecule has 158 valence electrons. The number of hydrogen-bond donors (Lipinski definition) is 0. The predicted molar refractivity (Wildman–Crippen MR) is 119 cm³/mol. The minimum Gasteiger partial charge on any atom is -0.344 e. The molecule has 4 heterocycles. The maximum absolute atomic E-state index is 12.6. The van der Waals surface area contributed by atoms with Crippen molar-refractivity contribution in [3.63, 3.8) is 0 Å². The molecule has 0 aliphatic carbocycles. The molecule has 1 fully saturated rings. The van der Waals surface area contributed by atoms with E-state index in [0.717, 1.165) is 34.1 Å². The van der Waals surface area contributed by atoms with Gasteiger partial charge >= 0.3 is 0 Å². The van der Waals surface area contributed by atoms with E-state index in [1.807, 2.05) is 47.4 Å². The first kappa shape index (κ1) is 19.6. The van der Waals surface area contributed by atoms with Crippen LogP contribution in [0, 0.1) is 0 Å². The molecule has 0 N–H and O–H groups in total. The van der Waals surface area contributed by atoms with Crippen LogP contribution in [0.1, 0.15) is 12.8 Å². The second-order valence-electron chi connectivity index (χ2n) is 7.37. The average Bonchev–Trinajstić information content (AvgIpc) is 3.47. The Balaban J connectivity index is 1.09. The van der Waals surface area contributed by atoms with E-state index in [1.54, 1.807) is 22.3 Å². The molecule has 10 heteroatoms. The highest BCUT2D eigenvalue weighted by atomic mass is 32.1. The molecule has 0 spiro atoms. The van der Waals surface area contributed by atoms with E-state index in [2.05, 4.69) is 30.3 Å². The van der Waals surface area contributed by atoms with Crippen molar-refractivity contribution >= 4 is 32.7 Å². The van der Waals surface area contributed by atoms with Gasteiger partial charge in [-0.05, 0) is 23.8 Å². The molecule has 1 aromatic carbocycles. The van der Waals surface area contributed by atoms with Gasteiger partial charge in [-0.25, -0.2) is 9.97 Å². The maximum atomic E-state index is 12.6. The third-order valence-corrected chi connectivity index (χ3v) is 6.33. The summed E-state index contributed by atoms with van der Waals surface area (Å²) in [6.45, 7) is 3.57. The number of piperazine rings is 1. The first-order chi connectivity index (χ1) is 15.3. The van der Waals surface area contributed by atoms with Gasteiger partial charge in [-0.3, -0.25) is 4.79 Å². The number of thiazole rings is 1. The van der Waals surface area contributed by atoms with Crippen LogP contribution in [-0.4, -0.2) is 67.2 Å². The summed E-state index contributed by atoms with van der Waals surface area (Å²) >= 11 is 1.60. The van der Waals surface area contributed by atoms with E-state index in [-0.39, 0.29) is 5.91 Å². The smallest absolute Gasteiger partial charge is 0.222 e. The van der Waals surface area contributed by atoms with Crippen molar-refractivity contribution in [3.05, 3.63) is 48.7 Å². The lowest BCUT2D eigenvalue weighted by atomic mass is 10.2. The number of rotatable bonds is 6. The summed E-state index contributed by atoms with van der Waals surface area (Å²) < 4.78 is 0. The van der Waals surface area contributed by atoms with Gasteiger partial charge in [0.05, 0.1) is 6.54 Å². The Bertz CT molecular complexity index is 1130. The normalized spacial score (nSPS) is 14.3. The van der Waals surface area contributed by atoms with Crippen LogP contribution in [0.3, 0.4) is 0 Å². The fraction of sp³-hybridized carbons (Fsp3) is 0.333. The summed E-state index contributed by atoms with van der Waals surface area (Å²) in [7, 11) is 0. The Labute approximate surface area is 183 Å². The van der Waals surface area contributed by atoms with Gasteiger partial charge in [-0.1, -0.05) is 41.7 Å². The number of amides is 1. The summed E-state index contributed by atoms with van der Waals surface area (Å²) in [6, 6.07) is 13.6. The van der Waals surface area contributed by atoms with Crippen molar-refractivity contribution < 1.29 is 4.79 Å². The minimum absolute atomic E-state index is 0.175. The summed E-state index contributed by atoms with van der Waals surface area (Å²) in [4.78, 5) is 28.3. The van der Waals surface area contributed by atoms with Crippen molar-refractivity contribution in [2.45, 2.75) is 19.4 Å². The molecule has 9 nitrogen and oxygen atoms in total. The Kier molecular flexibility index (Phi) is 5.53. The second-order valence-corrected chi connectivity index (χ2v) is 8.33. The molecule has 4 aromatic rings. The van der Waals surface area contributed by atoms with Gasteiger partial charge in [0.25, 0.3) is 0 Å². The fourth-order valence-corrected chi connectivity index (χ4v) is 4.57. The largest absolute Gasteiger partial charge is 0.344 e. The quantitative estimate of drug-likeness (QED) is 0.460. The highest BCUT2D eigenvalue weighted by Gasteiger charge is 2.23. The van der Waals surface area contributed by atoms with E-state index in [4.69, 9.17) is 0 Å². The molecule has 0 unspecified atom stereocenters. The molecule has 1 saturated heterocycles. The SMILES string of the molecule is O=C(CCCn1nnc(-c2ccccc2)n1)N1CCN(c2nc3cccnc3s2)CC1. The van der Waals surface area contributed by atoms with Gasteiger partial charge in [0, 0.05) is 44.4 Å². The third-order valence-electron chi connectivity index (χ3n) is 5.29. The third kappa shape index (κ3) is 4.38. The number of carbonyl (C=O) groups is 1. The number of fused-ring (bicyclic) bond motifs is 1. The van der Waals surface area contributed by atoms with E-state index in [1.165, 1.54) is 0 Å². The van der Waals surface area contributed by atoms with Gasteiger partial charge < -0.3 is 9.80 Å². The minimum atomic E-state index is 0.175. The molecule has 0 radical (unpaired) electrons. The molecular weight excluding hydrogens is 412 g/mol. The number of aromatic nitrogens is 6. The molecule has 3 aromatic heterocycles. The molecule has 31 heavy (non-hydrogen) atoms. The van der Waals surface area contributed by atoms with Gasteiger partial charge in [0.1, 0.15) is 10.3 Å². The zero-order valence-electron chi connectivity index (χ0n) is 17.0. The van der Waals surface area contributed by atoms with Crippen LogP contribution >= 0.6 is 11.3 Å². The Hall–Kier alpha value is -3.40. The van der Waals surface area contributed by atoms with E-state index in [0.29, 0.717) is 38.3 Å². The van der Waals surface area contributed by atoms with Gasteiger partial charge in [0.2, 0.25) is 11.7 Å². The number of benzene rings is 1. The highest BCUT2D eigenvalue weighted by Crippen LogP contribution is 2.27. The average molecular weight is 435 g/mol. The van der Waals surface area contributed by atoms with Crippen molar-refractivity contribution in [2.24, 2.45) is 0 Å². The van der Waals surface area contributed by atoms with Crippen molar-refractivity contribution in [1.29, 1.82) is 0 Å². The number of hydrogen-bond acceptors (Lipinski definition) is 8. The number of aryl methyl sites for hydroxylation is 1. The molecule has 0 bridgehead atoms. The van der Waals surface area contributed by atoms with Crippen LogP contribution in [0.5, 0.6) is 0 Å². The van der Waals surface area contributed by atoms with Gasteiger partial charge in [0.15, 0.2) is 5.13 Å². The summed E-state index contributed by atoms with van der Waals surface area (Å²) in [6.07, 6.45) is 2.96.